The highest BCUT2D eigenvalue weighted by atomic mass is 16.2. The third-order valence-corrected chi connectivity index (χ3v) is 4.78. The third-order valence-electron chi connectivity index (χ3n) is 4.78. The van der Waals surface area contributed by atoms with Gasteiger partial charge in [-0.3, -0.25) is 9.59 Å². The molecule has 0 fully saturated rings. The molecular weight excluding hydrogens is 350 g/mol. The summed E-state index contributed by atoms with van der Waals surface area (Å²) in [6.45, 7) is 14.7. The Balaban J connectivity index is 3.19. The average molecular weight is 390 g/mol. The Kier molecular flexibility index (Phi) is 8.52. The second-order valence-corrected chi connectivity index (χ2v) is 9.40. The van der Waals surface area contributed by atoms with Gasteiger partial charge in [-0.2, -0.15) is 0 Å². The Morgan fingerprint density at radius 1 is 1.11 bits per heavy atom. The molecular formula is C23H39N3O2. The van der Waals surface area contributed by atoms with E-state index in [9.17, 15) is 9.59 Å². The molecule has 0 aliphatic heterocycles. The Morgan fingerprint density at radius 3 is 2.18 bits per heavy atom. The van der Waals surface area contributed by atoms with Crippen molar-refractivity contribution >= 4 is 23.2 Å². The summed E-state index contributed by atoms with van der Waals surface area (Å²) in [5, 5.41) is 3.01. The molecule has 28 heavy (non-hydrogen) atoms. The minimum absolute atomic E-state index is 0.00749. The van der Waals surface area contributed by atoms with Gasteiger partial charge in [0.05, 0.1) is 0 Å². The van der Waals surface area contributed by atoms with Gasteiger partial charge in [0.1, 0.15) is 0 Å². The molecule has 5 nitrogen and oxygen atoms in total. The van der Waals surface area contributed by atoms with E-state index >= 15 is 0 Å². The van der Waals surface area contributed by atoms with Crippen LogP contribution >= 0.6 is 0 Å². The zero-order valence-corrected chi connectivity index (χ0v) is 19.2. The summed E-state index contributed by atoms with van der Waals surface area (Å²) in [4.78, 5) is 29.1. The van der Waals surface area contributed by atoms with E-state index in [4.69, 9.17) is 0 Å². The van der Waals surface area contributed by atoms with E-state index in [1.807, 2.05) is 55.9 Å². The van der Waals surface area contributed by atoms with Crippen LogP contribution in [0.4, 0.5) is 11.4 Å². The first-order chi connectivity index (χ1) is 12.9. The van der Waals surface area contributed by atoms with E-state index in [1.165, 1.54) is 0 Å². The molecule has 5 heteroatoms. The highest BCUT2D eigenvalue weighted by molar-refractivity contribution is 5.91. The van der Waals surface area contributed by atoms with Gasteiger partial charge >= 0.3 is 0 Å². The zero-order valence-electron chi connectivity index (χ0n) is 19.2. The van der Waals surface area contributed by atoms with Crippen LogP contribution in [0.1, 0.15) is 66.9 Å². The predicted octanol–water partition coefficient (Wildman–Crippen LogP) is 4.91. The quantitative estimate of drug-likeness (QED) is 0.687. The molecule has 1 rings (SSSR count). The Hall–Kier alpha value is -2.04. The van der Waals surface area contributed by atoms with Crippen molar-refractivity contribution in [2.45, 2.75) is 73.9 Å². The van der Waals surface area contributed by atoms with Crippen molar-refractivity contribution in [3.8, 4) is 0 Å². The number of nitrogens with zero attached hydrogens (tertiary/aromatic N) is 2. The van der Waals surface area contributed by atoms with E-state index in [1.54, 1.807) is 0 Å². The molecule has 0 bridgehead atoms. The fourth-order valence-electron chi connectivity index (χ4n) is 3.10. The normalized spacial score (nSPS) is 12.6. The van der Waals surface area contributed by atoms with Crippen LogP contribution in [-0.4, -0.2) is 36.9 Å². The molecule has 0 saturated carbocycles. The van der Waals surface area contributed by atoms with Gasteiger partial charge in [0.25, 0.3) is 0 Å². The first-order valence-electron chi connectivity index (χ1n) is 10.3. The molecule has 0 spiro atoms. The van der Waals surface area contributed by atoms with Gasteiger partial charge in [-0.1, -0.05) is 41.5 Å². The second kappa shape index (κ2) is 9.94. The first kappa shape index (κ1) is 24.0. The van der Waals surface area contributed by atoms with Crippen LogP contribution in [0.5, 0.6) is 0 Å². The number of rotatable bonds is 8. The molecule has 0 radical (unpaired) electrons. The number of hydrogen-bond acceptors (Lipinski definition) is 3. The largest absolute Gasteiger partial charge is 0.377 e. The van der Waals surface area contributed by atoms with Crippen LogP contribution in [0.2, 0.25) is 0 Å². The lowest BCUT2D eigenvalue weighted by Gasteiger charge is -2.32. The molecule has 1 aromatic carbocycles. The third kappa shape index (κ3) is 7.17. The number of nitrogens with one attached hydrogen (secondary N) is 1. The van der Waals surface area contributed by atoms with Gasteiger partial charge in [0, 0.05) is 50.4 Å². The summed E-state index contributed by atoms with van der Waals surface area (Å²) in [7, 11) is 3.99. The maximum absolute atomic E-state index is 12.8. The van der Waals surface area contributed by atoms with Gasteiger partial charge in [-0.15, -0.1) is 0 Å². The van der Waals surface area contributed by atoms with Crippen LogP contribution in [-0.2, 0) is 16.1 Å². The predicted molar refractivity (Wildman–Crippen MR) is 119 cm³/mol. The van der Waals surface area contributed by atoms with Crippen molar-refractivity contribution in [1.29, 1.82) is 0 Å². The number of anilines is 2. The van der Waals surface area contributed by atoms with Crippen LogP contribution in [0, 0.1) is 11.3 Å². The van der Waals surface area contributed by atoms with E-state index in [0.29, 0.717) is 13.0 Å². The molecule has 0 aliphatic rings. The summed E-state index contributed by atoms with van der Waals surface area (Å²) in [6.07, 6.45) is 1.36. The lowest BCUT2D eigenvalue weighted by Crippen LogP contribution is -2.40. The van der Waals surface area contributed by atoms with Gasteiger partial charge < -0.3 is 15.1 Å². The Morgan fingerprint density at radius 2 is 1.71 bits per heavy atom. The lowest BCUT2D eigenvalue weighted by atomic mass is 9.92. The molecule has 2 amide bonds. The Bertz CT molecular complexity index is 675. The molecule has 158 valence electrons. The monoisotopic (exact) mass is 389 g/mol. The van der Waals surface area contributed by atoms with Gasteiger partial charge in [-0.05, 0) is 42.5 Å². The van der Waals surface area contributed by atoms with Crippen molar-refractivity contribution in [3.63, 3.8) is 0 Å². The van der Waals surface area contributed by atoms with E-state index in [-0.39, 0.29) is 29.2 Å². The number of hydrogen-bond donors (Lipinski definition) is 1. The molecule has 0 heterocycles. The van der Waals surface area contributed by atoms with Gasteiger partial charge in [0.15, 0.2) is 0 Å². The van der Waals surface area contributed by atoms with Gasteiger partial charge in [-0.25, -0.2) is 0 Å². The molecule has 1 N–H and O–H groups in total. The molecule has 0 saturated heterocycles. The fraction of sp³-hybridized carbons (Fsp3) is 0.652. The number of benzene rings is 1. The van der Waals surface area contributed by atoms with Crippen molar-refractivity contribution in [1.82, 2.24) is 4.90 Å². The van der Waals surface area contributed by atoms with Crippen molar-refractivity contribution < 1.29 is 9.59 Å². The lowest BCUT2D eigenvalue weighted by molar-refractivity contribution is -0.137. The summed E-state index contributed by atoms with van der Waals surface area (Å²) in [5.74, 6) is 0.112. The standard InChI is InChI=1S/C23H39N3O2/c1-10-17(4)26(22(28)16(2)3)15-18-13-19(11-12-20(18)25(8)9)24-21(27)14-23(5,6)7/h11-13,16-17H,10,14-15H2,1-9H3,(H,24,27)/t17-/m1/s1. The van der Waals surface area contributed by atoms with Crippen LogP contribution < -0.4 is 10.2 Å². The van der Waals surface area contributed by atoms with Gasteiger partial charge in [0.2, 0.25) is 11.8 Å². The summed E-state index contributed by atoms with van der Waals surface area (Å²) in [5.41, 5.74) is 2.80. The first-order valence-corrected chi connectivity index (χ1v) is 10.3. The summed E-state index contributed by atoms with van der Waals surface area (Å²) in [6, 6.07) is 6.09. The molecule has 0 unspecified atom stereocenters. The highest BCUT2D eigenvalue weighted by Gasteiger charge is 2.23. The van der Waals surface area contributed by atoms with E-state index in [2.05, 4.69) is 39.9 Å². The minimum Gasteiger partial charge on any atom is -0.377 e. The molecule has 1 atom stereocenters. The van der Waals surface area contributed by atoms with Crippen molar-refractivity contribution in [2.24, 2.45) is 11.3 Å². The smallest absolute Gasteiger partial charge is 0.225 e. The maximum atomic E-state index is 12.8. The van der Waals surface area contributed by atoms with Crippen LogP contribution in [0.3, 0.4) is 0 Å². The second-order valence-electron chi connectivity index (χ2n) is 9.40. The SMILES string of the molecule is CC[C@@H](C)N(Cc1cc(NC(=O)CC(C)(C)C)ccc1N(C)C)C(=O)C(C)C. The topological polar surface area (TPSA) is 52.7 Å². The fourth-order valence-corrected chi connectivity index (χ4v) is 3.10. The van der Waals surface area contributed by atoms with Crippen molar-refractivity contribution in [3.05, 3.63) is 23.8 Å². The van der Waals surface area contributed by atoms with E-state index in [0.717, 1.165) is 23.4 Å². The van der Waals surface area contributed by atoms with Crippen molar-refractivity contribution in [2.75, 3.05) is 24.3 Å². The van der Waals surface area contributed by atoms with Crippen LogP contribution in [0.25, 0.3) is 0 Å². The summed E-state index contributed by atoms with van der Waals surface area (Å²) < 4.78 is 0. The number of carbonyl (C=O) groups is 2. The Labute approximate surface area is 171 Å². The average Bonchev–Trinajstić information content (AvgIpc) is 2.56. The molecule has 1 aromatic rings. The highest BCUT2D eigenvalue weighted by Crippen LogP contribution is 2.27. The number of amides is 2. The van der Waals surface area contributed by atoms with Crippen LogP contribution in [0.15, 0.2) is 18.2 Å². The number of carbonyl (C=O) groups excluding carboxylic acids is 2. The summed E-state index contributed by atoms with van der Waals surface area (Å²) >= 11 is 0. The maximum Gasteiger partial charge on any atom is 0.225 e. The van der Waals surface area contributed by atoms with E-state index < -0.39 is 0 Å². The zero-order chi connectivity index (χ0) is 21.6. The molecule has 0 aromatic heterocycles. The molecule has 0 aliphatic carbocycles. The minimum atomic E-state index is -0.0620.